The van der Waals surface area contributed by atoms with Crippen molar-refractivity contribution in [2.45, 2.75) is 51.6 Å². The molecule has 2 heterocycles. The fourth-order valence-corrected chi connectivity index (χ4v) is 2.58. The Morgan fingerprint density at radius 3 is 2.31 bits per heavy atom. The Morgan fingerprint density at radius 1 is 1.19 bits per heavy atom. The number of carbonyl (C=O) groups excluding carboxylic acids is 2. The quantitative estimate of drug-likeness (QED) is 0.788. The van der Waals surface area contributed by atoms with Crippen molar-refractivity contribution in [3.63, 3.8) is 0 Å². The third kappa shape index (κ3) is 4.25. The molecule has 0 fully saturated rings. The molecule has 1 aliphatic rings. The number of carbonyl (C=O) groups is 2. The molecule has 2 amide bonds. The number of hydrogen-bond acceptors (Lipinski definition) is 5. The van der Waals surface area contributed by atoms with Gasteiger partial charge in [0.1, 0.15) is 11.6 Å². The smallest absolute Gasteiger partial charge is 0.444 e. The van der Waals surface area contributed by atoms with Crippen LogP contribution in [0.1, 0.15) is 44.9 Å². The van der Waals surface area contributed by atoms with Crippen LogP contribution in [0.25, 0.3) is 0 Å². The Bertz CT molecular complexity index is 694. The van der Waals surface area contributed by atoms with Crippen LogP contribution in [-0.4, -0.2) is 62.8 Å². The Labute approximate surface area is 148 Å². The predicted molar refractivity (Wildman–Crippen MR) is 84.0 cm³/mol. The molecule has 0 saturated heterocycles. The summed E-state index contributed by atoms with van der Waals surface area (Å²) in [6.07, 6.45) is -5.60. The zero-order valence-corrected chi connectivity index (χ0v) is 15.3. The number of amides is 2. The van der Waals surface area contributed by atoms with E-state index in [1.807, 2.05) is 0 Å². The highest BCUT2D eigenvalue weighted by Gasteiger charge is 2.44. The summed E-state index contributed by atoms with van der Waals surface area (Å²) in [5, 5.41) is 6.84. The maximum Gasteiger partial charge on any atom is 0.451 e. The van der Waals surface area contributed by atoms with Gasteiger partial charge in [-0.25, -0.2) is 4.79 Å². The molecule has 0 bridgehead atoms. The molecule has 0 aromatic carbocycles. The van der Waals surface area contributed by atoms with Gasteiger partial charge in [0.25, 0.3) is 0 Å². The summed E-state index contributed by atoms with van der Waals surface area (Å²) in [4.78, 5) is 27.2. The summed E-state index contributed by atoms with van der Waals surface area (Å²) in [6.45, 7) is 4.86. The van der Waals surface area contributed by atoms with Gasteiger partial charge in [-0.05, 0) is 20.8 Å². The fraction of sp³-hybridized carbons (Fsp3) is 0.733. The third-order valence-corrected chi connectivity index (χ3v) is 3.77. The molecule has 1 atom stereocenters. The molecule has 0 radical (unpaired) electrons. The SMILES string of the molecule is CN(C)C(=O)CC1c2nnc(C(F)(F)F)n2CCN1C(=O)OC(C)(C)C. The summed E-state index contributed by atoms with van der Waals surface area (Å²) >= 11 is 0. The minimum atomic E-state index is -4.67. The van der Waals surface area contributed by atoms with E-state index in [2.05, 4.69) is 10.2 Å². The van der Waals surface area contributed by atoms with Crippen molar-refractivity contribution < 1.29 is 27.5 Å². The zero-order chi connectivity index (χ0) is 19.9. The van der Waals surface area contributed by atoms with Crippen molar-refractivity contribution in [1.29, 1.82) is 0 Å². The maximum atomic E-state index is 13.1. The van der Waals surface area contributed by atoms with E-state index in [-0.39, 0.29) is 31.2 Å². The summed E-state index contributed by atoms with van der Waals surface area (Å²) in [5.74, 6) is -1.57. The lowest BCUT2D eigenvalue weighted by Crippen LogP contribution is -2.46. The number of ether oxygens (including phenoxy) is 1. The Hall–Kier alpha value is -2.33. The molecular formula is C15H22F3N5O3. The van der Waals surface area contributed by atoms with E-state index >= 15 is 0 Å². The third-order valence-electron chi connectivity index (χ3n) is 3.77. The molecule has 1 unspecified atom stereocenters. The van der Waals surface area contributed by atoms with E-state index in [1.54, 1.807) is 20.8 Å². The lowest BCUT2D eigenvalue weighted by atomic mass is 10.1. The van der Waals surface area contributed by atoms with Crippen LogP contribution < -0.4 is 0 Å². The van der Waals surface area contributed by atoms with Crippen LogP contribution in [0.15, 0.2) is 0 Å². The van der Waals surface area contributed by atoms with Crippen molar-refractivity contribution in [2.75, 3.05) is 20.6 Å². The number of nitrogens with zero attached hydrogens (tertiary/aromatic N) is 5. The lowest BCUT2D eigenvalue weighted by Gasteiger charge is -2.36. The minimum absolute atomic E-state index is 0.0472. The average molecular weight is 377 g/mol. The van der Waals surface area contributed by atoms with Crippen molar-refractivity contribution in [3.05, 3.63) is 11.6 Å². The molecule has 1 aromatic rings. The van der Waals surface area contributed by atoms with E-state index in [0.717, 1.165) is 4.57 Å². The second-order valence-corrected chi connectivity index (χ2v) is 7.21. The second-order valence-electron chi connectivity index (χ2n) is 7.21. The van der Waals surface area contributed by atoms with E-state index in [0.29, 0.717) is 0 Å². The molecule has 26 heavy (non-hydrogen) atoms. The first-order valence-corrected chi connectivity index (χ1v) is 8.01. The summed E-state index contributed by atoms with van der Waals surface area (Å²) in [5.41, 5.74) is -0.782. The molecule has 146 valence electrons. The van der Waals surface area contributed by atoms with Crippen LogP contribution in [0.3, 0.4) is 0 Å². The molecule has 8 nitrogen and oxygen atoms in total. The van der Waals surface area contributed by atoms with Gasteiger partial charge in [-0.3, -0.25) is 9.69 Å². The van der Waals surface area contributed by atoms with Crippen LogP contribution in [0, 0.1) is 0 Å². The number of halogens is 3. The second kappa shape index (κ2) is 6.76. The van der Waals surface area contributed by atoms with Crippen molar-refractivity contribution in [2.24, 2.45) is 0 Å². The predicted octanol–water partition coefficient (Wildman–Crippen LogP) is 2.07. The number of aromatic nitrogens is 3. The highest BCUT2D eigenvalue weighted by atomic mass is 19.4. The van der Waals surface area contributed by atoms with Crippen molar-refractivity contribution in [3.8, 4) is 0 Å². The van der Waals surface area contributed by atoms with Gasteiger partial charge in [0.15, 0.2) is 5.82 Å². The molecule has 0 aliphatic carbocycles. The van der Waals surface area contributed by atoms with Crippen LogP contribution in [0.4, 0.5) is 18.0 Å². The Kier molecular flexibility index (Phi) is 5.20. The van der Waals surface area contributed by atoms with Gasteiger partial charge >= 0.3 is 12.3 Å². The molecule has 1 aliphatic heterocycles. The highest BCUT2D eigenvalue weighted by Crippen LogP contribution is 2.35. The lowest BCUT2D eigenvalue weighted by molar-refractivity contribution is -0.148. The molecule has 1 aromatic heterocycles. The van der Waals surface area contributed by atoms with E-state index < -0.39 is 29.7 Å². The first-order chi connectivity index (χ1) is 11.8. The van der Waals surface area contributed by atoms with Gasteiger partial charge in [0, 0.05) is 27.2 Å². The normalized spacial score (nSPS) is 17.7. The van der Waals surface area contributed by atoms with E-state index in [4.69, 9.17) is 4.74 Å². The highest BCUT2D eigenvalue weighted by molar-refractivity contribution is 5.77. The van der Waals surface area contributed by atoms with Crippen LogP contribution in [-0.2, 0) is 22.3 Å². The fourth-order valence-electron chi connectivity index (χ4n) is 2.58. The molecule has 11 heteroatoms. The molecule has 0 N–H and O–H groups in total. The molecule has 2 rings (SSSR count). The van der Waals surface area contributed by atoms with Gasteiger partial charge in [0.2, 0.25) is 11.7 Å². The topological polar surface area (TPSA) is 80.6 Å². The Balaban J connectivity index is 2.40. The van der Waals surface area contributed by atoms with Crippen LogP contribution >= 0.6 is 0 Å². The van der Waals surface area contributed by atoms with Crippen molar-refractivity contribution in [1.82, 2.24) is 24.6 Å². The Morgan fingerprint density at radius 2 is 1.81 bits per heavy atom. The monoisotopic (exact) mass is 377 g/mol. The van der Waals surface area contributed by atoms with Crippen LogP contribution in [0.5, 0.6) is 0 Å². The van der Waals surface area contributed by atoms with Gasteiger partial charge in [-0.2, -0.15) is 13.2 Å². The first kappa shape index (κ1) is 20.0. The number of fused-ring (bicyclic) bond motifs is 1. The molecule has 0 saturated carbocycles. The van der Waals surface area contributed by atoms with Gasteiger partial charge < -0.3 is 14.2 Å². The summed E-state index contributed by atoms with van der Waals surface area (Å²) in [6, 6.07) is -0.989. The summed E-state index contributed by atoms with van der Waals surface area (Å²) in [7, 11) is 3.05. The average Bonchev–Trinajstić information content (AvgIpc) is 2.89. The largest absolute Gasteiger partial charge is 0.451 e. The maximum absolute atomic E-state index is 13.1. The van der Waals surface area contributed by atoms with Crippen LogP contribution in [0.2, 0.25) is 0 Å². The minimum Gasteiger partial charge on any atom is -0.444 e. The molecular weight excluding hydrogens is 355 g/mol. The first-order valence-electron chi connectivity index (χ1n) is 8.01. The van der Waals surface area contributed by atoms with Gasteiger partial charge in [0.05, 0.1) is 6.42 Å². The standard InChI is InChI=1S/C15H22F3N5O3/c1-14(2,3)26-13(25)22-6-7-23-11(9(22)8-10(24)21(4)5)19-20-12(23)15(16,17)18/h9H,6-8H2,1-5H3. The number of alkyl halides is 3. The van der Waals surface area contributed by atoms with Crippen molar-refractivity contribution >= 4 is 12.0 Å². The van der Waals surface area contributed by atoms with Gasteiger partial charge in [-0.1, -0.05) is 0 Å². The van der Waals surface area contributed by atoms with E-state index in [9.17, 15) is 22.8 Å². The molecule has 0 spiro atoms. The number of rotatable bonds is 2. The van der Waals surface area contributed by atoms with Gasteiger partial charge in [-0.15, -0.1) is 10.2 Å². The zero-order valence-electron chi connectivity index (χ0n) is 15.3. The number of hydrogen-bond donors (Lipinski definition) is 0. The summed E-state index contributed by atoms with van der Waals surface area (Å²) < 4.78 is 45.5. The van der Waals surface area contributed by atoms with E-state index in [1.165, 1.54) is 23.9 Å².